The van der Waals surface area contributed by atoms with Crippen molar-refractivity contribution in [3.8, 4) is 0 Å². The van der Waals surface area contributed by atoms with Crippen LogP contribution >= 0.6 is 15.9 Å². The fourth-order valence-corrected chi connectivity index (χ4v) is 3.63. The van der Waals surface area contributed by atoms with Gasteiger partial charge in [-0.2, -0.15) is 13.2 Å². The van der Waals surface area contributed by atoms with Gasteiger partial charge in [0.25, 0.3) is 0 Å². The van der Waals surface area contributed by atoms with Gasteiger partial charge in [-0.3, -0.25) is 4.79 Å². The number of nitrogens with one attached hydrogen (secondary N) is 1. The average Bonchev–Trinajstić information content (AvgIpc) is 2.44. The van der Waals surface area contributed by atoms with Crippen LogP contribution in [0.4, 0.5) is 13.2 Å². The molecule has 1 amide bonds. The molecule has 1 N–H and O–H groups in total. The van der Waals surface area contributed by atoms with Crippen molar-refractivity contribution in [3.63, 3.8) is 0 Å². The van der Waals surface area contributed by atoms with Gasteiger partial charge in [-0.1, -0.05) is 29.8 Å². The molecule has 0 aromatic rings. The number of carbonyl (C=O) groups excluding carboxylic acids is 1. The molecule has 1 aliphatic carbocycles. The summed E-state index contributed by atoms with van der Waals surface area (Å²) in [7, 11) is 0. The highest BCUT2D eigenvalue weighted by Crippen LogP contribution is 2.39. The van der Waals surface area contributed by atoms with Crippen LogP contribution in [0.3, 0.4) is 0 Å². The molecule has 0 spiro atoms. The maximum atomic E-state index is 12.6. The van der Waals surface area contributed by atoms with Gasteiger partial charge in [-0.25, -0.2) is 0 Å². The Kier molecular flexibility index (Phi) is 6.35. The average molecular weight is 358 g/mol. The fourth-order valence-electron chi connectivity index (χ4n) is 2.70. The maximum absolute atomic E-state index is 12.6. The highest BCUT2D eigenvalue weighted by atomic mass is 79.9. The molecule has 0 aromatic carbocycles. The normalized spacial score (nSPS) is 24.5. The minimum absolute atomic E-state index is 0.0706. The minimum Gasteiger partial charge on any atom is -0.350 e. The molecular weight excluding hydrogens is 335 g/mol. The van der Waals surface area contributed by atoms with Crippen molar-refractivity contribution in [2.75, 3.05) is 5.33 Å². The number of alkyl halides is 4. The van der Waals surface area contributed by atoms with Crippen molar-refractivity contribution >= 4 is 21.8 Å². The summed E-state index contributed by atoms with van der Waals surface area (Å²) in [4.78, 5) is 12.2. The van der Waals surface area contributed by atoms with Crippen LogP contribution in [0.25, 0.3) is 0 Å². The lowest BCUT2D eigenvalue weighted by Crippen LogP contribution is -2.51. The Morgan fingerprint density at radius 3 is 2.00 bits per heavy atom. The van der Waals surface area contributed by atoms with E-state index in [9.17, 15) is 18.0 Å². The third-order valence-electron chi connectivity index (χ3n) is 4.56. The van der Waals surface area contributed by atoms with Gasteiger partial charge >= 0.3 is 6.18 Å². The lowest BCUT2D eigenvalue weighted by Gasteiger charge is -2.35. The summed E-state index contributed by atoms with van der Waals surface area (Å²) in [6.07, 6.45) is -1.70. The molecular formula is C14H23BrF3NO. The summed E-state index contributed by atoms with van der Waals surface area (Å²) in [5, 5.41) is 3.70. The van der Waals surface area contributed by atoms with E-state index >= 15 is 0 Å². The molecule has 1 fully saturated rings. The van der Waals surface area contributed by atoms with Crippen molar-refractivity contribution in [3.05, 3.63) is 0 Å². The molecule has 6 heteroatoms. The summed E-state index contributed by atoms with van der Waals surface area (Å²) in [5.74, 6) is -1.59. The second-order valence-corrected chi connectivity index (χ2v) is 6.26. The number of hydrogen-bond donors (Lipinski definition) is 1. The minimum atomic E-state index is -4.12. The van der Waals surface area contributed by atoms with Gasteiger partial charge in [0, 0.05) is 16.8 Å². The smallest absolute Gasteiger partial charge is 0.350 e. The van der Waals surface area contributed by atoms with E-state index in [0.29, 0.717) is 18.2 Å². The van der Waals surface area contributed by atoms with Gasteiger partial charge in [-0.05, 0) is 38.5 Å². The summed E-state index contributed by atoms with van der Waals surface area (Å²) in [5.41, 5.74) is -0.280. The van der Waals surface area contributed by atoms with Crippen LogP contribution in [0.5, 0.6) is 0 Å². The number of amides is 1. The van der Waals surface area contributed by atoms with Gasteiger partial charge in [-0.15, -0.1) is 0 Å². The molecule has 1 rings (SSSR count). The Balaban J connectivity index is 2.55. The van der Waals surface area contributed by atoms with E-state index in [-0.39, 0.29) is 30.2 Å². The third kappa shape index (κ3) is 4.37. The largest absolute Gasteiger partial charge is 0.391 e. The molecule has 0 atom stereocenters. The molecule has 118 valence electrons. The van der Waals surface area contributed by atoms with Crippen molar-refractivity contribution in [1.29, 1.82) is 0 Å². The Morgan fingerprint density at radius 2 is 1.65 bits per heavy atom. The quantitative estimate of drug-likeness (QED) is 0.724. The van der Waals surface area contributed by atoms with Gasteiger partial charge in [0.1, 0.15) is 0 Å². The van der Waals surface area contributed by atoms with Crippen molar-refractivity contribution < 1.29 is 18.0 Å². The van der Waals surface area contributed by atoms with Crippen molar-refractivity contribution in [1.82, 2.24) is 5.32 Å². The predicted octanol–water partition coefficient (Wildman–Crippen LogP) is 4.43. The van der Waals surface area contributed by atoms with E-state index in [1.807, 2.05) is 13.8 Å². The second-order valence-electron chi connectivity index (χ2n) is 5.70. The van der Waals surface area contributed by atoms with Crippen LogP contribution in [-0.4, -0.2) is 23.0 Å². The van der Waals surface area contributed by atoms with Crippen LogP contribution in [-0.2, 0) is 4.79 Å². The van der Waals surface area contributed by atoms with Crippen LogP contribution in [0.1, 0.15) is 52.4 Å². The van der Waals surface area contributed by atoms with Crippen LogP contribution in [0.2, 0.25) is 0 Å². The molecule has 0 unspecified atom stereocenters. The standard InChI is InChI=1S/C14H23BrF3NO/c1-3-13(4-2,9-15)19-12(20)10-5-7-11(8-6-10)14(16,17)18/h10-11H,3-9H2,1-2H3,(H,19,20). The maximum Gasteiger partial charge on any atom is 0.391 e. The Bertz CT molecular complexity index is 313. The first-order valence-electron chi connectivity index (χ1n) is 7.22. The van der Waals surface area contributed by atoms with Gasteiger partial charge in [0.15, 0.2) is 0 Å². The summed E-state index contributed by atoms with van der Waals surface area (Å²) in [6.45, 7) is 4.01. The molecule has 0 bridgehead atoms. The van der Waals surface area contributed by atoms with E-state index in [1.54, 1.807) is 0 Å². The molecule has 1 saturated carbocycles. The zero-order chi connectivity index (χ0) is 15.4. The summed E-state index contributed by atoms with van der Waals surface area (Å²) < 4.78 is 37.8. The second kappa shape index (κ2) is 7.14. The lowest BCUT2D eigenvalue weighted by atomic mass is 9.80. The van der Waals surface area contributed by atoms with E-state index in [4.69, 9.17) is 0 Å². The highest BCUT2D eigenvalue weighted by Gasteiger charge is 2.43. The number of rotatable bonds is 5. The van der Waals surface area contributed by atoms with Crippen LogP contribution in [0, 0.1) is 11.8 Å². The fraction of sp³-hybridized carbons (Fsp3) is 0.929. The Morgan fingerprint density at radius 1 is 1.15 bits per heavy atom. The summed E-state index contributed by atoms with van der Waals surface area (Å²) >= 11 is 3.42. The van der Waals surface area contributed by atoms with E-state index in [1.165, 1.54) is 0 Å². The topological polar surface area (TPSA) is 29.1 Å². The molecule has 0 heterocycles. The first-order chi connectivity index (χ1) is 9.28. The number of halogens is 4. The Hall–Kier alpha value is -0.260. The van der Waals surface area contributed by atoms with Gasteiger partial charge < -0.3 is 5.32 Å². The number of carbonyl (C=O) groups is 1. The molecule has 0 radical (unpaired) electrons. The molecule has 20 heavy (non-hydrogen) atoms. The van der Waals surface area contributed by atoms with E-state index in [2.05, 4.69) is 21.2 Å². The molecule has 0 aliphatic heterocycles. The van der Waals surface area contributed by atoms with E-state index in [0.717, 1.165) is 12.8 Å². The zero-order valence-electron chi connectivity index (χ0n) is 12.0. The first kappa shape index (κ1) is 17.8. The molecule has 0 aromatic heterocycles. The molecule has 2 nitrogen and oxygen atoms in total. The SMILES string of the molecule is CCC(CC)(CBr)NC(=O)C1CCC(C(F)(F)F)CC1. The van der Waals surface area contributed by atoms with Crippen LogP contribution in [0.15, 0.2) is 0 Å². The van der Waals surface area contributed by atoms with E-state index < -0.39 is 12.1 Å². The molecule has 1 aliphatic rings. The van der Waals surface area contributed by atoms with Crippen molar-refractivity contribution in [2.45, 2.75) is 64.1 Å². The van der Waals surface area contributed by atoms with Gasteiger partial charge in [0.05, 0.1) is 5.92 Å². The lowest BCUT2D eigenvalue weighted by molar-refractivity contribution is -0.184. The van der Waals surface area contributed by atoms with Gasteiger partial charge in [0.2, 0.25) is 5.91 Å². The number of hydrogen-bond acceptors (Lipinski definition) is 1. The monoisotopic (exact) mass is 357 g/mol. The predicted molar refractivity (Wildman–Crippen MR) is 76.8 cm³/mol. The van der Waals surface area contributed by atoms with Crippen molar-refractivity contribution in [2.24, 2.45) is 11.8 Å². The van der Waals surface area contributed by atoms with Crippen LogP contribution < -0.4 is 5.32 Å². The Labute approximate surface area is 127 Å². The third-order valence-corrected chi connectivity index (χ3v) is 5.63. The highest BCUT2D eigenvalue weighted by molar-refractivity contribution is 9.09. The first-order valence-corrected chi connectivity index (χ1v) is 8.35. The zero-order valence-corrected chi connectivity index (χ0v) is 13.6. The molecule has 0 saturated heterocycles. The summed E-state index contributed by atoms with van der Waals surface area (Å²) in [6, 6.07) is 0.